The Labute approximate surface area is 203 Å². The third-order valence-corrected chi connectivity index (χ3v) is 6.09. The van der Waals surface area contributed by atoms with Crippen LogP contribution in [0, 0.1) is 0 Å². The smallest absolute Gasteiger partial charge is 0.389 e. The summed E-state index contributed by atoms with van der Waals surface area (Å²) >= 11 is 0. The molecule has 192 valence electrons. The summed E-state index contributed by atoms with van der Waals surface area (Å²) in [5, 5.41) is 10.1. The number of β-amino-alcohol motifs (C(OH)–C–C–N with tert-alkyl or cyclic N) is 1. The van der Waals surface area contributed by atoms with Crippen LogP contribution < -0.4 is 9.80 Å². The molecule has 3 nitrogen and oxygen atoms in total. The largest absolute Gasteiger partial charge is 0.416 e. The van der Waals surface area contributed by atoms with Gasteiger partial charge in [0.15, 0.2) is 0 Å². The summed E-state index contributed by atoms with van der Waals surface area (Å²) in [5.41, 5.74) is -0.927. The van der Waals surface area contributed by atoms with E-state index >= 15 is 0 Å². The molecule has 0 saturated carbocycles. The van der Waals surface area contributed by atoms with E-state index in [9.17, 15) is 35.8 Å². The number of halogens is 7. The summed E-state index contributed by atoms with van der Waals surface area (Å²) in [6.45, 7) is -1.03. The average molecular weight is 512 g/mol. The third kappa shape index (κ3) is 5.59. The average Bonchev–Trinajstić information content (AvgIpc) is 2.84. The minimum atomic E-state index is -4.94. The van der Waals surface area contributed by atoms with Gasteiger partial charge in [-0.3, -0.25) is 0 Å². The molecular weight excluding hydrogens is 489 g/mol. The Balaban J connectivity index is 1.78. The van der Waals surface area contributed by atoms with Gasteiger partial charge in [0.2, 0.25) is 0 Å². The zero-order chi connectivity index (χ0) is 26.1. The number of aliphatic hydroxyl groups is 1. The number of para-hydroxylation sites is 2. The summed E-state index contributed by atoms with van der Waals surface area (Å²) in [4.78, 5) is 3.53. The highest BCUT2D eigenvalue weighted by atomic mass is 19.4. The van der Waals surface area contributed by atoms with Gasteiger partial charge >= 0.3 is 12.4 Å². The molecule has 1 heterocycles. The Kier molecular flexibility index (Phi) is 7.17. The molecule has 0 aromatic heterocycles. The number of fused-ring (bicyclic) bond motifs is 1. The van der Waals surface area contributed by atoms with Crippen molar-refractivity contribution in [1.29, 1.82) is 0 Å². The molecule has 0 unspecified atom stereocenters. The van der Waals surface area contributed by atoms with Crippen molar-refractivity contribution >= 4 is 11.4 Å². The van der Waals surface area contributed by atoms with E-state index in [1.165, 1.54) is 0 Å². The molecular formula is C26H23F7N2O. The van der Waals surface area contributed by atoms with E-state index in [1.54, 1.807) is 47.4 Å². The van der Waals surface area contributed by atoms with Crippen LogP contribution in [0.4, 0.5) is 42.1 Å². The van der Waals surface area contributed by atoms with Gasteiger partial charge in [-0.25, -0.2) is 4.39 Å². The SMILES string of the molecule is O[C@@H](CF)CN1c2ccccc2N(Cc2cc(C(F)(F)F)cc(C(F)(F)F)c2)C[C@H]1c1ccccc1. The third-order valence-electron chi connectivity index (χ3n) is 6.09. The second-order valence-corrected chi connectivity index (χ2v) is 8.67. The molecule has 1 aliphatic rings. The van der Waals surface area contributed by atoms with Crippen LogP contribution in [0.5, 0.6) is 0 Å². The van der Waals surface area contributed by atoms with Gasteiger partial charge in [0.25, 0.3) is 0 Å². The summed E-state index contributed by atoms with van der Waals surface area (Å²) in [5.74, 6) is 0. The second kappa shape index (κ2) is 10.0. The maximum absolute atomic E-state index is 13.4. The molecule has 1 aliphatic heterocycles. The summed E-state index contributed by atoms with van der Waals surface area (Å²) < 4.78 is 93.6. The van der Waals surface area contributed by atoms with Crippen molar-refractivity contribution in [3.8, 4) is 0 Å². The molecule has 0 aliphatic carbocycles. The van der Waals surface area contributed by atoms with E-state index < -0.39 is 42.3 Å². The van der Waals surface area contributed by atoms with Crippen LogP contribution in [0.25, 0.3) is 0 Å². The van der Waals surface area contributed by atoms with Gasteiger partial charge in [0.1, 0.15) is 6.67 Å². The summed E-state index contributed by atoms with van der Waals surface area (Å²) in [6.07, 6.45) is -11.2. The Morgan fingerprint density at radius 1 is 0.806 bits per heavy atom. The number of nitrogens with zero attached hydrogens (tertiary/aromatic N) is 2. The van der Waals surface area contributed by atoms with Gasteiger partial charge in [-0.15, -0.1) is 0 Å². The highest BCUT2D eigenvalue weighted by Gasteiger charge is 2.38. The summed E-state index contributed by atoms with van der Waals surface area (Å²) in [7, 11) is 0. The van der Waals surface area contributed by atoms with Gasteiger partial charge in [0, 0.05) is 19.6 Å². The van der Waals surface area contributed by atoms with Crippen LogP contribution in [0.2, 0.25) is 0 Å². The molecule has 4 rings (SSSR count). The van der Waals surface area contributed by atoms with Crippen LogP contribution >= 0.6 is 0 Å². The zero-order valence-corrected chi connectivity index (χ0v) is 18.9. The Hall–Kier alpha value is -3.27. The fourth-order valence-electron chi connectivity index (χ4n) is 4.49. The number of aliphatic hydroxyl groups excluding tert-OH is 1. The topological polar surface area (TPSA) is 26.7 Å². The predicted molar refractivity (Wildman–Crippen MR) is 122 cm³/mol. The van der Waals surface area contributed by atoms with E-state index in [0.29, 0.717) is 11.4 Å². The number of anilines is 2. The first kappa shape index (κ1) is 25.8. The van der Waals surface area contributed by atoms with Gasteiger partial charge < -0.3 is 14.9 Å². The number of hydrogen-bond acceptors (Lipinski definition) is 3. The lowest BCUT2D eigenvalue weighted by molar-refractivity contribution is -0.143. The van der Waals surface area contributed by atoms with E-state index in [4.69, 9.17) is 0 Å². The second-order valence-electron chi connectivity index (χ2n) is 8.67. The Morgan fingerprint density at radius 3 is 1.92 bits per heavy atom. The first-order chi connectivity index (χ1) is 17.0. The van der Waals surface area contributed by atoms with Gasteiger partial charge in [0.05, 0.1) is 34.6 Å². The van der Waals surface area contributed by atoms with Crippen molar-refractivity contribution in [3.05, 3.63) is 95.1 Å². The predicted octanol–water partition coefficient (Wildman–Crippen LogP) is 6.62. The highest BCUT2D eigenvalue weighted by molar-refractivity contribution is 5.74. The van der Waals surface area contributed by atoms with Crippen molar-refractivity contribution in [3.63, 3.8) is 0 Å². The zero-order valence-electron chi connectivity index (χ0n) is 18.9. The molecule has 0 bridgehead atoms. The molecule has 2 atom stereocenters. The fraction of sp³-hybridized carbons (Fsp3) is 0.308. The number of alkyl halides is 7. The van der Waals surface area contributed by atoms with E-state index in [2.05, 4.69) is 0 Å². The first-order valence-corrected chi connectivity index (χ1v) is 11.2. The molecule has 36 heavy (non-hydrogen) atoms. The molecule has 0 radical (unpaired) electrons. The van der Waals surface area contributed by atoms with Crippen molar-refractivity contribution in [2.45, 2.75) is 31.0 Å². The van der Waals surface area contributed by atoms with E-state index in [1.807, 2.05) is 17.0 Å². The lowest BCUT2D eigenvalue weighted by atomic mass is 9.97. The van der Waals surface area contributed by atoms with Gasteiger partial charge in [-0.1, -0.05) is 42.5 Å². The van der Waals surface area contributed by atoms with E-state index in [-0.39, 0.29) is 31.3 Å². The summed E-state index contributed by atoms with van der Waals surface area (Å²) in [6, 6.07) is 17.1. The first-order valence-electron chi connectivity index (χ1n) is 11.2. The van der Waals surface area contributed by atoms with E-state index in [0.717, 1.165) is 17.7 Å². The standard InChI is InChI=1S/C26H23F7N2O/c27-13-21(36)15-35-23-9-5-4-8-22(23)34(16-24(35)18-6-2-1-3-7-18)14-17-10-19(25(28,29)30)12-20(11-17)26(31,32)33/h1-12,21,24,36H,13-16H2/t21-,24-/m0/s1. The molecule has 10 heteroatoms. The molecule has 3 aromatic rings. The molecule has 0 spiro atoms. The van der Waals surface area contributed by atoms with Crippen LogP contribution in [-0.2, 0) is 18.9 Å². The van der Waals surface area contributed by atoms with Crippen molar-refractivity contribution in [1.82, 2.24) is 0 Å². The minimum Gasteiger partial charge on any atom is -0.389 e. The number of rotatable bonds is 6. The Bertz CT molecular complexity index is 1150. The number of hydrogen-bond donors (Lipinski definition) is 1. The van der Waals surface area contributed by atoms with Crippen LogP contribution in [0.1, 0.15) is 28.3 Å². The maximum Gasteiger partial charge on any atom is 0.416 e. The van der Waals surface area contributed by atoms with Crippen LogP contribution in [0.3, 0.4) is 0 Å². The van der Waals surface area contributed by atoms with Crippen molar-refractivity contribution in [2.75, 3.05) is 29.6 Å². The van der Waals surface area contributed by atoms with Crippen LogP contribution in [0.15, 0.2) is 72.8 Å². The normalized spacial score (nSPS) is 17.2. The quantitative estimate of drug-likeness (QED) is 0.376. The number of benzene rings is 3. The van der Waals surface area contributed by atoms with Gasteiger partial charge in [-0.05, 0) is 41.5 Å². The lowest BCUT2D eigenvalue weighted by Crippen LogP contribution is -2.46. The minimum absolute atomic E-state index is 0.0390. The lowest BCUT2D eigenvalue weighted by Gasteiger charge is -2.45. The van der Waals surface area contributed by atoms with Crippen molar-refractivity contribution < 1.29 is 35.8 Å². The van der Waals surface area contributed by atoms with Gasteiger partial charge in [-0.2, -0.15) is 26.3 Å². The fourth-order valence-corrected chi connectivity index (χ4v) is 4.49. The molecule has 3 aromatic carbocycles. The molecule has 0 saturated heterocycles. The monoisotopic (exact) mass is 512 g/mol. The molecule has 1 N–H and O–H groups in total. The Morgan fingerprint density at radius 2 is 1.36 bits per heavy atom. The highest BCUT2D eigenvalue weighted by Crippen LogP contribution is 2.42. The molecule has 0 fully saturated rings. The molecule has 0 amide bonds. The maximum atomic E-state index is 13.4. The van der Waals surface area contributed by atoms with Crippen molar-refractivity contribution in [2.24, 2.45) is 0 Å². The van der Waals surface area contributed by atoms with Crippen LogP contribution in [-0.4, -0.2) is 31.0 Å².